The number of carbonyl (C=O) groups is 1. The quantitative estimate of drug-likeness (QED) is 0.852. The van der Waals surface area contributed by atoms with Crippen molar-refractivity contribution in [2.75, 3.05) is 7.11 Å². The molecule has 1 aromatic carbocycles. The van der Waals surface area contributed by atoms with Crippen LogP contribution in [0.5, 0.6) is 5.75 Å². The summed E-state index contributed by atoms with van der Waals surface area (Å²) in [5, 5.41) is 8.78. The summed E-state index contributed by atoms with van der Waals surface area (Å²) in [4.78, 5) is 10.7. The van der Waals surface area contributed by atoms with Crippen LogP contribution in [0.15, 0.2) is 12.1 Å². The highest BCUT2D eigenvalue weighted by Gasteiger charge is 2.15. The van der Waals surface area contributed by atoms with Crippen molar-refractivity contribution in [1.82, 2.24) is 0 Å². The molecule has 88 valence electrons. The molecule has 1 aromatic rings. The van der Waals surface area contributed by atoms with Gasteiger partial charge >= 0.3 is 5.97 Å². The second-order valence-corrected chi connectivity index (χ2v) is 4.11. The van der Waals surface area contributed by atoms with Gasteiger partial charge in [0.1, 0.15) is 5.75 Å². The first-order chi connectivity index (χ1) is 7.47. The number of benzene rings is 1. The van der Waals surface area contributed by atoms with Gasteiger partial charge in [0.05, 0.1) is 13.5 Å². The molecule has 0 saturated heterocycles. The van der Waals surface area contributed by atoms with Crippen molar-refractivity contribution in [2.45, 2.75) is 33.1 Å². The molecule has 0 heterocycles. The van der Waals surface area contributed by atoms with Crippen LogP contribution in [0.2, 0.25) is 0 Å². The summed E-state index contributed by atoms with van der Waals surface area (Å²) in [5.41, 5.74) is 3.28. The van der Waals surface area contributed by atoms with Crippen LogP contribution in [0.3, 0.4) is 0 Å². The Labute approximate surface area is 96.1 Å². The third kappa shape index (κ3) is 2.54. The predicted molar refractivity (Wildman–Crippen MR) is 63.1 cm³/mol. The van der Waals surface area contributed by atoms with Gasteiger partial charge in [-0.25, -0.2) is 0 Å². The summed E-state index contributed by atoms with van der Waals surface area (Å²) >= 11 is 0. The van der Waals surface area contributed by atoms with E-state index in [0.29, 0.717) is 0 Å². The molecule has 3 nitrogen and oxygen atoms in total. The predicted octanol–water partition coefficient (Wildman–Crippen LogP) is 2.89. The van der Waals surface area contributed by atoms with Gasteiger partial charge in [-0.05, 0) is 42.5 Å². The Morgan fingerprint density at radius 2 is 2.00 bits per heavy atom. The molecule has 1 atom stereocenters. The Kier molecular flexibility index (Phi) is 3.93. The molecule has 0 amide bonds. The van der Waals surface area contributed by atoms with Crippen LogP contribution < -0.4 is 4.74 Å². The average Bonchev–Trinajstić information content (AvgIpc) is 2.20. The fraction of sp³-hybridized carbons (Fsp3) is 0.462. The van der Waals surface area contributed by atoms with E-state index in [9.17, 15) is 4.79 Å². The van der Waals surface area contributed by atoms with E-state index in [1.54, 1.807) is 7.11 Å². The largest absolute Gasteiger partial charge is 0.496 e. The molecule has 0 aliphatic heterocycles. The molecule has 0 fully saturated rings. The van der Waals surface area contributed by atoms with E-state index in [0.717, 1.165) is 22.4 Å². The zero-order valence-electron chi connectivity index (χ0n) is 10.2. The van der Waals surface area contributed by atoms with Gasteiger partial charge in [-0.1, -0.05) is 13.0 Å². The number of carboxylic acids is 1. The molecule has 0 bridgehead atoms. The van der Waals surface area contributed by atoms with Gasteiger partial charge in [0.2, 0.25) is 0 Å². The molecule has 1 rings (SSSR count). The number of hydrogen-bond acceptors (Lipinski definition) is 2. The van der Waals surface area contributed by atoms with E-state index in [1.165, 1.54) is 0 Å². The molecule has 1 N–H and O–H groups in total. The minimum Gasteiger partial charge on any atom is -0.496 e. The van der Waals surface area contributed by atoms with Crippen LogP contribution in [-0.4, -0.2) is 18.2 Å². The Morgan fingerprint density at radius 3 is 2.50 bits per heavy atom. The minimum absolute atomic E-state index is 0.0297. The molecule has 0 saturated carbocycles. The van der Waals surface area contributed by atoms with Gasteiger partial charge in [0.15, 0.2) is 0 Å². The molecular weight excluding hydrogens is 204 g/mol. The van der Waals surface area contributed by atoms with E-state index >= 15 is 0 Å². The zero-order valence-corrected chi connectivity index (χ0v) is 10.2. The molecular formula is C13H18O3. The van der Waals surface area contributed by atoms with E-state index in [1.807, 2.05) is 32.9 Å². The van der Waals surface area contributed by atoms with Crippen molar-refractivity contribution in [2.24, 2.45) is 0 Å². The molecule has 0 aliphatic rings. The minimum atomic E-state index is -0.764. The van der Waals surface area contributed by atoms with Crippen molar-refractivity contribution in [3.05, 3.63) is 28.8 Å². The fourth-order valence-electron chi connectivity index (χ4n) is 1.94. The molecule has 1 unspecified atom stereocenters. The van der Waals surface area contributed by atoms with Crippen LogP contribution in [0, 0.1) is 13.8 Å². The van der Waals surface area contributed by atoms with Crippen LogP contribution in [0.1, 0.15) is 36.0 Å². The lowest BCUT2D eigenvalue weighted by Gasteiger charge is -2.16. The SMILES string of the molecule is COc1ccc(C(C)CC(=O)O)c(C)c1C. The highest BCUT2D eigenvalue weighted by atomic mass is 16.5. The third-order valence-corrected chi connectivity index (χ3v) is 3.01. The van der Waals surface area contributed by atoms with Crippen LogP contribution in [-0.2, 0) is 4.79 Å². The number of ether oxygens (including phenoxy) is 1. The Morgan fingerprint density at radius 1 is 1.38 bits per heavy atom. The zero-order chi connectivity index (χ0) is 12.3. The van der Waals surface area contributed by atoms with E-state index < -0.39 is 5.97 Å². The number of carboxylic acid groups (broad SMARTS) is 1. The lowest BCUT2D eigenvalue weighted by molar-refractivity contribution is -0.137. The Bertz CT molecular complexity index is 396. The lowest BCUT2D eigenvalue weighted by Crippen LogP contribution is -2.05. The van der Waals surface area contributed by atoms with Gasteiger partial charge in [-0.3, -0.25) is 4.79 Å². The smallest absolute Gasteiger partial charge is 0.303 e. The van der Waals surface area contributed by atoms with Crippen molar-refractivity contribution < 1.29 is 14.6 Å². The summed E-state index contributed by atoms with van der Waals surface area (Å²) in [5.74, 6) is 0.117. The lowest BCUT2D eigenvalue weighted by atomic mass is 9.91. The maximum atomic E-state index is 10.7. The third-order valence-electron chi connectivity index (χ3n) is 3.01. The first-order valence-corrected chi connectivity index (χ1v) is 5.33. The maximum absolute atomic E-state index is 10.7. The van der Waals surface area contributed by atoms with E-state index in [4.69, 9.17) is 9.84 Å². The summed E-state index contributed by atoms with van der Waals surface area (Å²) in [6.07, 6.45) is 0.159. The van der Waals surface area contributed by atoms with E-state index in [-0.39, 0.29) is 12.3 Å². The molecule has 16 heavy (non-hydrogen) atoms. The molecule has 0 aromatic heterocycles. The summed E-state index contributed by atoms with van der Waals surface area (Å²) < 4.78 is 5.23. The van der Waals surface area contributed by atoms with Crippen molar-refractivity contribution in [1.29, 1.82) is 0 Å². The monoisotopic (exact) mass is 222 g/mol. The van der Waals surface area contributed by atoms with Gasteiger partial charge < -0.3 is 9.84 Å². The van der Waals surface area contributed by atoms with Gasteiger partial charge in [0, 0.05) is 0 Å². The number of hydrogen-bond donors (Lipinski definition) is 1. The summed E-state index contributed by atoms with van der Waals surface area (Å²) in [7, 11) is 1.64. The first kappa shape index (κ1) is 12.6. The second-order valence-electron chi connectivity index (χ2n) is 4.11. The Hall–Kier alpha value is -1.51. The number of rotatable bonds is 4. The molecule has 0 aliphatic carbocycles. The molecule has 3 heteroatoms. The highest BCUT2D eigenvalue weighted by Crippen LogP contribution is 2.29. The topological polar surface area (TPSA) is 46.5 Å². The summed E-state index contributed by atoms with van der Waals surface area (Å²) in [6.45, 7) is 5.93. The number of methoxy groups -OCH3 is 1. The highest BCUT2D eigenvalue weighted by molar-refractivity contribution is 5.68. The van der Waals surface area contributed by atoms with Gasteiger partial charge in [-0.15, -0.1) is 0 Å². The molecule has 0 radical (unpaired) electrons. The molecule has 0 spiro atoms. The summed E-state index contributed by atoms with van der Waals surface area (Å²) in [6, 6.07) is 3.85. The van der Waals surface area contributed by atoms with Crippen molar-refractivity contribution >= 4 is 5.97 Å². The van der Waals surface area contributed by atoms with Crippen molar-refractivity contribution in [3.8, 4) is 5.75 Å². The van der Waals surface area contributed by atoms with Crippen LogP contribution in [0.4, 0.5) is 0 Å². The number of aliphatic carboxylic acids is 1. The maximum Gasteiger partial charge on any atom is 0.303 e. The van der Waals surface area contributed by atoms with Gasteiger partial charge in [-0.2, -0.15) is 0 Å². The van der Waals surface area contributed by atoms with Gasteiger partial charge in [0.25, 0.3) is 0 Å². The van der Waals surface area contributed by atoms with Crippen LogP contribution in [0.25, 0.3) is 0 Å². The van der Waals surface area contributed by atoms with Crippen molar-refractivity contribution in [3.63, 3.8) is 0 Å². The fourth-order valence-corrected chi connectivity index (χ4v) is 1.94. The Balaban J connectivity index is 3.06. The van der Waals surface area contributed by atoms with Crippen LogP contribution >= 0.6 is 0 Å². The standard InChI is InChI=1S/C13H18O3/c1-8(7-13(14)15)11-5-6-12(16-4)10(3)9(11)2/h5-6,8H,7H2,1-4H3,(H,14,15). The normalized spacial score (nSPS) is 12.2. The first-order valence-electron chi connectivity index (χ1n) is 5.33. The second kappa shape index (κ2) is 5.01. The van der Waals surface area contributed by atoms with E-state index in [2.05, 4.69) is 0 Å². The average molecular weight is 222 g/mol.